The van der Waals surface area contributed by atoms with Gasteiger partial charge in [-0.15, -0.1) is 0 Å². The van der Waals surface area contributed by atoms with Crippen LogP contribution in [-0.4, -0.2) is 38.0 Å². The minimum absolute atomic E-state index is 0.00827. The van der Waals surface area contributed by atoms with Crippen LogP contribution in [0.3, 0.4) is 0 Å². The molecule has 5 aromatic rings. The molecule has 44 heavy (non-hydrogen) atoms. The van der Waals surface area contributed by atoms with E-state index >= 15 is 0 Å². The van der Waals surface area contributed by atoms with Gasteiger partial charge in [0, 0.05) is 28.1 Å². The van der Waals surface area contributed by atoms with E-state index in [0.717, 1.165) is 61.1 Å². The number of Topliss-reactive ketones (excluding diaryl/α,β-unsaturated/α-hetero) is 1. The third-order valence-corrected chi connectivity index (χ3v) is 9.45. The van der Waals surface area contributed by atoms with Gasteiger partial charge in [0.2, 0.25) is 5.72 Å². The quantitative estimate of drug-likeness (QED) is 0.187. The number of para-hydroxylation sites is 1. The van der Waals surface area contributed by atoms with Crippen molar-refractivity contribution < 1.29 is 19.0 Å². The summed E-state index contributed by atoms with van der Waals surface area (Å²) in [6, 6.07) is 26.4. The van der Waals surface area contributed by atoms with Gasteiger partial charge < -0.3 is 19.1 Å². The Morgan fingerprint density at radius 2 is 1.57 bits per heavy atom. The maximum absolute atomic E-state index is 13.0. The van der Waals surface area contributed by atoms with Gasteiger partial charge in [-0.1, -0.05) is 48.5 Å². The van der Waals surface area contributed by atoms with Crippen molar-refractivity contribution in [2.24, 2.45) is 4.99 Å². The standard InChI is InChI=1S/C38H36N2O4/c1-23-18-30-29(25(3)41)20-34-36(31(30)19-24(23)2)39-22-38(44-34)37(4,5)35-28-15-11-10-14-27(28)33(42-6)21-32(35)40(38)16-17-43-26-12-8-7-9-13-26/h7-15,18-22H,16-17H2,1-6H3. The van der Waals surface area contributed by atoms with E-state index in [9.17, 15) is 4.79 Å². The molecule has 0 saturated heterocycles. The number of rotatable bonds is 6. The number of nitrogens with zero attached hydrogens (tertiary/aromatic N) is 2. The topological polar surface area (TPSA) is 60.4 Å². The zero-order valence-corrected chi connectivity index (χ0v) is 26.0. The molecule has 0 aromatic heterocycles. The molecule has 0 radical (unpaired) electrons. The van der Waals surface area contributed by atoms with Gasteiger partial charge in [-0.25, -0.2) is 0 Å². The molecule has 2 heterocycles. The molecule has 1 unspecified atom stereocenters. The summed E-state index contributed by atoms with van der Waals surface area (Å²) in [5.41, 5.74) is 4.26. The summed E-state index contributed by atoms with van der Waals surface area (Å²) in [7, 11) is 1.71. The van der Waals surface area contributed by atoms with Crippen molar-refractivity contribution in [1.82, 2.24) is 0 Å². The van der Waals surface area contributed by atoms with Crippen LogP contribution in [0.4, 0.5) is 11.4 Å². The zero-order chi connectivity index (χ0) is 30.8. The van der Waals surface area contributed by atoms with Crippen molar-refractivity contribution in [3.8, 4) is 17.2 Å². The summed E-state index contributed by atoms with van der Waals surface area (Å²) >= 11 is 0. The van der Waals surface area contributed by atoms with Crippen LogP contribution in [0.2, 0.25) is 0 Å². The number of ether oxygens (including phenoxy) is 3. The van der Waals surface area contributed by atoms with E-state index in [0.29, 0.717) is 24.5 Å². The average Bonchev–Trinajstić information content (AvgIpc) is 3.19. The van der Waals surface area contributed by atoms with Crippen LogP contribution in [0, 0.1) is 13.8 Å². The molecule has 6 heteroatoms. The molecule has 0 amide bonds. The first-order valence-corrected chi connectivity index (χ1v) is 15.0. The normalized spacial score (nSPS) is 17.9. The summed E-state index contributed by atoms with van der Waals surface area (Å²) in [5, 5.41) is 3.97. The van der Waals surface area contributed by atoms with E-state index in [1.807, 2.05) is 48.7 Å². The fraction of sp³-hybridized carbons (Fsp3) is 0.263. The maximum atomic E-state index is 13.0. The van der Waals surface area contributed by atoms with Gasteiger partial charge in [-0.05, 0) is 86.3 Å². The third kappa shape index (κ3) is 4.00. The summed E-state index contributed by atoms with van der Waals surface area (Å²) in [6.45, 7) is 11.1. The summed E-state index contributed by atoms with van der Waals surface area (Å²) in [4.78, 5) is 20.4. The van der Waals surface area contributed by atoms with Crippen LogP contribution >= 0.6 is 0 Å². The number of benzene rings is 5. The Morgan fingerprint density at radius 3 is 2.27 bits per heavy atom. The molecule has 1 atom stereocenters. The lowest BCUT2D eigenvalue weighted by molar-refractivity contribution is 0.0753. The van der Waals surface area contributed by atoms with Gasteiger partial charge in [0.1, 0.15) is 29.5 Å². The SMILES string of the molecule is COc1cc2c(c3ccccc13)C(C)(C)C1(C=Nc3c(cc(C(C)=O)c4cc(C)c(C)cc34)O1)N2CCOc1ccccc1. The van der Waals surface area contributed by atoms with Crippen molar-refractivity contribution in [3.63, 3.8) is 0 Å². The molecule has 222 valence electrons. The lowest BCUT2D eigenvalue weighted by Crippen LogP contribution is -2.63. The fourth-order valence-electron chi connectivity index (χ4n) is 7.03. The largest absolute Gasteiger partial charge is 0.496 e. The van der Waals surface area contributed by atoms with Crippen LogP contribution in [0.15, 0.2) is 83.9 Å². The monoisotopic (exact) mass is 584 g/mol. The van der Waals surface area contributed by atoms with E-state index < -0.39 is 11.1 Å². The number of aryl methyl sites for hydroxylation is 2. The molecular weight excluding hydrogens is 548 g/mol. The molecule has 5 aromatic carbocycles. The van der Waals surface area contributed by atoms with Gasteiger partial charge in [0.25, 0.3) is 0 Å². The lowest BCUT2D eigenvalue weighted by atomic mass is 9.75. The summed E-state index contributed by atoms with van der Waals surface area (Å²) < 4.78 is 19.3. The molecule has 0 aliphatic carbocycles. The first-order chi connectivity index (χ1) is 21.2. The predicted octanol–water partition coefficient (Wildman–Crippen LogP) is 8.49. The number of hydrogen-bond acceptors (Lipinski definition) is 6. The van der Waals surface area contributed by atoms with Gasteiger partial charge in [-0.3, -0.25) is 9.79 Å². The number of hydrogen-bond donors (Lipinski definition) is 0. The fourth-order valence-corrected chi connectivity index (χ4v) is 7.03. The van der Waals surface area contributed by atoms with Gasteiger partial charge in [-0.2, -0.15) is 0 Å². The smallest absolute Gasteiger partial charge is 0.229 e. The van der Waals surface area contributed by atoms with E-state index in [-0.39, 0.29) is 5.78 Å². The highest BCUT2D eigenvalue weighted by Crippen LogP contribution is 2.58. The predicted molar refractivity (Wildman–Crippen MR) is 178 cm³/mol. The summed E-state index contributed by atoms with van der Waals surface area (Å²) in [5.74, 6) is 2.19. The Balaban J connectivity index is 1.43. The first kappa shape index (κ1) is 28.0. The summed E-state index contributed by atoms with van der Waals surface area (Å²) in [6.07, 6.45) is 1.96. The highest BCUT2D eigenvalue weighted by Gasteiger charge is 2.60. The van der Waals surface area contributed by atoms with E-state index in [2.05, 4.69) is 69.0 Å². The van der Waals surface area contributed by atoms with Crippen LogP contribution < -0.4 is 19.1 Å². The second-order valence-corrected chi connectivity index (χ2v) is 12.3. The Morgan fingerprint density at radius 1 is 0.886 bits per heavy atom. The second kappa shape index (κ2) is 10.1. The molecule has 0 N–H and O–H groups in total. The van der Waals surface area contributed by atoms with Crippen molar-refractivity contribution >= 4 is 44.9 Å². The van der Waals surface area contributed by atoms with Crippen LogP contribution in [0.5, 0.6) is 17.2 Å². The highest BCUT2D eigenvalue weighted by atomic mass is 16.5. The first-order valence-electron chi connectivity index (χ1n) is 15.0. The molecule has 6 nitrogen and oxygen atoms in total. The molecule has 1 spiro atoms. The second-order valence-electron chi connectivity index (χ2n) is 12.3. The van der Waals surface area contributed by atoms with E-state index in [1.54, 1.807) is 14.0 Å². The zero-order valence-electron chi connectivity index (χ0n) is 26.0. The van der Waals surface area contributed by atoms with Crippen LogP contribution in [0.25, 0.3) is 21.5 Å². The molecule has 2 aliphatic rings. The van der Waals surface area contributed by atoms with Gasteiger partial charge in [0.15, 0.2) is 5.78 Å². The minimum Gasteiger partial charge on any atom is -0.496 e. The number of ketones is 1. The van der Waals surface area contributed by atoms with E-state index in [4.69, 9.17) is 19.2 Å². The van der Waals surface area contributed by atoms with Crippen molar-refractivity contribution in [1.29, 1.82) is 0 Å². The Kier molecular flexibility index (Phi) is 6.43. The maximum Gasteiger partial charge on any atom is 0.229 e. The Labute approximate surface area is 257 Å². The van der Waals surface area contributed by atoms with Crippen molar-refractivity contribution in [3.05, 3.63) is 101 Å². The van der Waals surface area contributed by atoms with Crippen molar-refractivity contribution in [2.45, 2.75) is 45.8 Å². The number of methoxy groups -OCH3 is 1. The number of carbonyl (C=O) groups is 1. The Bertz CT molecular complexity index is 2000. The minimum atomic E-state index is -1.00. The molecular formula is C38H36N2O4. The number of fused-ring (bicyclic) bond motifs is 6. The number of anilines is 1. The van der Waals surface area contributed by atoms with Crippen LogP contribution in [-0.2, 0) is 5.41 Å². The van der Waals surface area contributed by atoms with E-state index in [1.165, 1.54) is 0 Å². The Hall–Kier alpha value is -4.84. The van der Waals surface area contributed by atoms with Crippen molar-refractivity contribution in [2.75, 3.05) is 25.2 Å². The highest BCUT2D eigenvalue weighted by molar-refractivity contribution is 6.13. The van der Waals surface area contributed by atoms with Crippen LogP contribution in [0.1, 0.15) is 47.8 Å². The number of aliphatic imine (C=N–C) groups is 1. The molecule has 2 aliphatic heterocycles. The lowest BCUT2D eigenvalue weighted by Gasteiger charge is -2.46. The molecule has 7 rings (SSSR count). The number of carbonyl (C=O) groups excluding carboxylic acids is 1. The molecule has 0 bridgehead atoms. The van der Waals surface area contributed by atoms with Gasteiger partial charge >= 0.3 is 0 Å². The molecule has 0 fully saturated rings. The van der Waals surface area contributed by atoms with Gasteiger partial charge in [0.05, 0.1) is 25.3 Å². The third-order valence-electron chi connectivity index (χ3n) is 9.45. The average molecular weight is 585 g/mol. The molecule has 0 saturated carbocycles.